The van der Waals surface area contributed by atoms with E-state index in [4.69, 9.17) is 23.2 Å². The first-order valence-corrected chi connectivity index (χ1v) is 7.53. The van der Waals surface area contributed by atoms with E-state index in [1.54, 1.807) is 31.2 Å². The quantitative estimate of drug-likeness (QED) is 0.799. The van der Waals surface area contributed by atoms with Gasteiger partial charge in [-0.25, -0.2) is 8.42 Å². The van der Waals surface area contributed by atoms with Crippen LogP contribution in [0.1, 0.15) is 5.56 Å². The van der Waals surface area contributed by atoms with Crippen LogP contribution >= 0.6 is 23.2 Å². The molecule has 0 amide bonds. The van der Waals surface area contributed by atoms with Gasteiger partial charge in [-0.3, -0.25) is 0 Å². The molecule has 0 saturated carbocycles. The van der Waals surface area contributed by atoms with Crippen LogP contribution in [0.15, 0.2) is 29.2 Å². The first-order chi connectivity index (χ1) is 7.79. The Balaban J connectivity index is 2.86. The van der Waals surface area contributed by atoms with Gasteiger partial charge < -0.3 is 0 Å². The van der Waals surface area contributed by atoms with Crippen molar-refractivity contribution in [1.29, 1.82) is 0 Å². The summed E-state index contributed by atoms with van der Waals surface area (Å²) in [6.45, 7) is 1.76. The lowest BCUT2D eigenvalue weighted by Crippen LogP contribution is -1.99. The van der Waals surface area contributed by atoms with E-state index in [9.17, 15) is 8.42 Å². The molecule has 0 spiro atoms. The van der Waals surface area contributed by atoms with Gasteiger partial charge in [0.25, 0.3) is 0 Å². The molecule has 2 aromatic rings. The molecule has 0 unspecified atom stereocenters. The number of hydrogen-bond donors (Lipinski definition) is 0. The van der Waals surface area contributed by atoms with Crippen molar-refractivity contribution in [3.05, 3.63) is 39.9 Å². The highest BCUT2D eigenvalue weighted by molar-refractivity contribution is 7.90. The monoisotopic (exact) mass is 288 g/mol. The van der Waals surface area contributed by atoms with Gasteiger partial charge in [0.1, 0.15) is 0 Å². The molecule has 0 fully saturated rings. The van der Waals surface area contributed by atoms with Gasteiger partial charge in [-0.2, -0.15) is 0 Å². The van der Waals surface area contributed by atoms with Crippen molar-refractivity contribution in [3.8, 4) is 0 Å². The summed E-state index contributed by atoms with van der Waals surface area (Å²) in [7, 11) is -3.22. The summed E-state index contributed by atoms with van der Waals surface area (Å²) in [6.07, 6.45) is 1.19. The average Bonchev–Trinajstić information content (AvgIpc) is 2.18. The molecule has 0 N–H and O–H groups in total. The minimum atomic E-state index is -3.22. The summed E-state index contributed by atoms with van der Waals surface area (Å²) in [6, 6.07) is 6.84. The van der Waals surface area contributed by atoms with E-state index in [1.807, 2.05) is 0 Å². The maximum absolute atomic E-state index is 11.6. The van der Waals surface area contributed by atoms with Crippen LogP contribution in [0.5, 0.6) is 0 Å². The standard InChI is InChI=1S/C12H10Cl2O2S/c1-7-3-8-4-10(13)11(14)5-9(8)6-12(7)17(2,15)16/h3-6H,1-2H3. The third kappa shape index (κ3) is 2.41. The van der Waals surface area contributed by atoms with Crippen LogP contribution in [0.2, 0.25) is 10.0 Å². The molecular formula is C12H10Cl2O2S. The number of aryl methyl sites for hydroxylation is 1. The third-order valence-electron chi connectivity index (χ3n) is 2.57. The molecule has 5 heteroatoms. The number of rotatable bonds is 1. The summed E-state index contributed by atoms with van der Waals surface area (Å²) in [5.41, 5.74) is 0.707. The molecule has 2 nitrogen and oxygen atoms in total. The van der Waals surface area contributed by atoms with Crippen molar-refractivity contribution < 1.29 is 8.42 Å². The molecule has 17 heavy (non-hydrogen) atoms. The van der Waals surface area contributed by atoms with Crippen LogP contribution in [-0.2, 0) is 9.84 Å². The predicted octanol–water partition coefficient (Wildman–Crippen LogP) is 3.86. The largest absolute Gasteiger partial charge is 0.224 e. The van der Waals surface area contributed by atoms with Crippen LogP contribution in [0, 0.1) is 6.92 Å². The van der Waals surface area contributed by atoms with E-state index in [1.165, 1.54) is 6.26 Å². The van der Waals surface area contributed by atoms with Gasteiger partial charge in [0.15, 0.2) is 9.84 Å². The second kappa shape index (κ2) is 4.16. The zero-order valence-electron chi connectivity index (χ0n) is 9.29. The van der Waals surface area contributed by atoms with Crippen LogP contribution in [-0.4, -0.2) is 14.7 Å². The molecular weight excluding hydrogens is 279 g/mol. The van der Waals surface area contributed by atoms with Gasteiger partial charge in [0.2, 0.25) is 0 Å². The Morgan fingerprint density at radius 3 is 1.88 bits per heavy atom. The van der Waals surface area contributed by atoms with Gasteiger partial charge >= 0.3 is 0 Å². The number of benzene rings is 2. The topological polar surface area (TPSA) is 34.1 Å². The maximum Gasteiger partial charge on any atom is 0.175 e. The zero-order chi connectivity index (χ0) is 12.8. The van der Waals surface area contributed by atoms with Gasteiger partial charge in [-0.1, -0.05) is 29.3 Å². The van der Waals surface area contributed by atoms with E-state index in [0.29, 0.717) is 20.5 Å². The van der Waals surface area contributed by atoms with Crippen LogP contribution in [0.25, 0.3) is 10.8 Å². The molecule has 2 aromatic carbocycles. The Hall–Kier alpha value is -0.770. The van der Waals surface area contributed by atoms with Gasteiger partial charge in [-0.15, -0.1) is 0 Å². The Morgan fingerprint density at radius 2 is 1.41 bits per heavy atom. The number of sulfone groups is 1. The lowest BCUT2D eigenvalue weighted by molar-refractivity contribution is 0.601. The summed E-state index contributed by atoms with van der Waals surface area (Å²) in [5.74, 6) is 0. The van der Waals surface area contributed by atoms with Crippen molar-refractivity contribution in [1.82, 2.24) is 0 Å². The zero-order valence-corrected chi connectivity index (χ0v) is 11.6. The highest BCUT2D eigenvalue weighted by Gasteiger charge is 2.12. The molecule has 0 aliphatic rings. The lowest BCUT2D eigenvalue weighted by atomic mass is 10.1. The number of hydrogen-bond acceptors (Lipinski definition) is 2. The summed E-state index contributed by atoms with van der Waals surface area (Å²) in [5, 5.41) is 2.53. The Kier molecular flexibility index (Phi) is 3.10. The highest BCUT2D eigenvalue weighted by atomic mass is 35.5. The minimum Gasteiger partial charge on any atom is -0.224 e. The molecule has 2 rings (SSSR count). The molecule has 0 aliphatic heterocycles. The van der Waals surface area contributed by atoms with Crippen molar-refractivity contribution in [3.63, 3.8) is 0 Å². The lowest BCUT2D eigenvalue weighted by Gasteiger charge is -2.07. The maximum atomic E-state index is 11.6. The van der Waals surface area contributed by atoms with E-state index in [2.05, 4.69) is 0 Å². The average molecular weight is 289 g/mol. The fourth-order valence-electron chi connectivity index (χ4n) is 1.79. The predicted molar refractivity (Wildman–Crippen MR) is 71.8 cm³/mol. The molecule has 0 bridgehead atoms. The van der Waals surface area contributed by atoms with Crippen molar-refractivity contribution >= 4 is 43.8 Å². The van der Waals surface area contributed by atoms with Crippen LogP contribution < -0.4 is 0 Å². The van der Waals surface area contributed by atoms with Crippen molar-refractivity contribution in [2.75, 3.05) is 6.26 Å². The second-order valence-electron chi connectivity index (χ2n) is 4.00. The number of halogens is 2. The molecule has 0 atom stereocenters. The first kappa shape index (κ1) is 12.7. The Bertz CT molecular complexity index is 706. The van der Waals surface area contributed by atoms with Crippen molar-refractivity contribution in [2.24, 2.45) is 0 Å². The molecule has 0 aliphatic carbocycles. The second-order valence-corrected chi connectivity index (χ2v) is 6.80. The summed E-state index contributed by atoms with van der Waals surface area (Å²) < 4.78 is 23.2. The molecule has 90 valence electrons. The molecule has 0 heterocycles. The van der Waals surface area contributed by atoms with Crippen LogP contribution in [0.4, 0.5) is 0 Å². The third-order valence-corrected chi connectivity index (χ3v) is 4.53. The molecule has 0 aromatic heterocycles. The fourth-order valence-corrected chi connectivity index (χ4v) is 3.12. The highest BCUT2D eigenvalue weighted by Crippen LogP contribution is 2.30. The van der Waals surface area contributed by atoms with E-state index in [0.717, 1.165) is 10.8 Å². The molecule has 0 radical (unpaired) electrons. The smallest absolute Gasteiger partial charge is 0.175 e. The Labute approximate surface area is 110 Å². The summed E-state index contributed by atoms with van der Waals surface area (Å²) in [4.78, 5) is 0.323. The van der Waals surface area contributed by atoms with E-state index in [-0.39, 0.29) is 0 Å². The minimum absolute atomic E-state index is 0.323. The van der Waals surface area contributed by atoms with Gasteiger partial charge in [0.05, 0.1) is 14.9 Å². The normalized spacial score (nSPS) is 12.0. The SMILES string of the molecule is Cc1cc2cc(Cl)c(Cl)cc2cc1S(C)(=O)=O. The van der Waals surface area contributed by atoms with Crippen molar-refractivity contribution in [2.45, 2.75) is 11.8 Å². The van der Waals surface area contributed by atoms with E-state index < -0.39 is 9.84 Å². The number of fused-ring (bicyclic) bond motifs is 1. The van der Waals surface area contributed by atoms with Gasteiger partial charge in [-0.05, 0) is 41.5 Å². The van der Waals surface area contributed by atoms with Gasteiger partial charge in [0, 0.05) is 6.26 Å². The van der Waals surface area contributed by atoms with E-state index >= 15 is 0 Å². The summed E-state index contributed by atoms with van der Waals surface area (Å²) >= 11 is 11.8. The van der Waals surface area contributed by atoms with Crippen LogP contribution in [0.3, 0.4) is 0 Å². The fraction of sp³-hybridized carbons (Fsp3) is 0.167. The first-order valence-electron chi connectivity index (χ1n) is 4.88. The Morgan fingerprint density at radius 1 is 0.941 bits per heavy atom. The molecule has 0 saturated heterocycles.